The molecule has 2 heterocycles. The maximum absolute atomic E-state index is 14.9. The molecule has 2 aliphatic heterocycles. The first-order valence-electron chi connectivity index (χ1n) is 13.0. The van der Waals surface area contributed by atoms with Gasteiger partial charge in [-0.1, -0.05) is 78.4 Å². The Hall–Kier alpha value is -4.50. The molecule has 2 aliphatic rings. The highest BCUT2D eigenvalue weighted by Crippen LogP contribution is 2.68. The summed E-state index contributed by atoms with van der Waals surface area (Å²) in [6.07, 6.45) is -0.898. The number of hydrogen-bond donors (Lipinski definition) is 1. The summed E-state index contributed by atoms with van der Waals surface area (Å²) >= 11 is 0. The van der Waals surface area contributed by atoms with Crippen LogP contribution in [0.3, 0.4) is 0 Å². The van der Waals surface area contributed by atoms with Crippen molar-refractivity contribution in [1.82, 2.24) is 5.06 Å². The maximum atomic E-state index is 14.9. The molecule has 0 saturated carbocycles. The number of fused-ring (bicyclic) bond motifs is 2. The fraction of sp³-hybridized carbons (Fsp3) is 0.312. The Morgan fingerprint density at radius 2 is 1.50 bits per heavy atom. The summed E-state index contributed by atoms with van der Waals surface area (Å²) in [6.45, 7) is 8.73. The van der Waals surface area contributed by atoms with Crippen LogP contribution in [0.1, 0.15) is 60.5 Å². The van der Waals surface area contributed by atoms with Crippen molar-refractivity contribution in [1.29, 1.82) is 10.5 Å². The number of hydroxylamine groups is 2. The van der Waals surface area contributed by atoms with Gasteiger partial charge in [-0.25, -0.2) is 9.69 Å². The van der Waals surface area contributed by atoms with E-state index in [0.717, 1.165) is 15.5 Å². The lowest BCUT2D eigenvalue weighted by Crippen LogP contribution is -2.53. The van der Waals surface area contributed by atoms with Gasteiger partial charge in [0.05, 0.1) is 29.8 Å². The standard InChI is InChI=1S/C32H30N4O4/c1-20-16-21(2)25-24(17-20)32(28(37)35(25)29(38)40-30(3,4)5)26(22-12-8-6-9-13-22)31(18-33,19-34)27(36(32)39)23-14-10-7-11-15-23/h6-17,26-27,39H,1-5H3/t26-,27-,32+/m1/s1. The fourth-order valence-corrected chi connectivity index (χ4v) is 6.40. The lowest BCUT2D eigenvalue weighted by molar-refractivity contribution is -0.189. The predicted octanol–water partition coefficient (Wildman–Crippen LogP) is 6.04. The van der Waals surface area contributed by atoms with E-state index in [1.807, 2.05) is 13.0 Å². The van der Waals surface area contributed by atoms with E-state index >= 15 is 0 Å². The third-order valence-corrected chi connectivity index (χ3v) is 7.71. The smallest absolute Gasteiger partial charge is 0.421 e. The molecule has 3 aromatic rings. The molecule has 40 heavy (non-hydrogen) atoms. The summed E-state index contributed by atoms with van der Waals surface area (Å²) in [7, 11) is 0. The predicted molar refractivity (Wildman–Crippen MR) is 147 cm³/mol. The van der Waals surface area contributed by atoms with Crippen LogP contribution in [0, 0.1) is 41.9 Å². The molecule has 0 aromatic heterocycles. The Labute approximate surface area is 233 Å². The summed E-state index contributed by atoms with van der Waals surface area (Å²) in [6, 6.07) is 24.3. The molecule has 1 spiro atoms. The lowest BCUT2D eigenvalue weighted by Gasteiger charge is -2.36. The van der Waals surface area contributed by atoms with Crippen molar-refractivity contribution < 1.29 is 19.5 Å². The van der Waals surface area contributed by atoms with Gasteiger partial charge in [0, 0.05) is 5.56 Å². The van der Waals surface area contributed by atoms with Crippen LogP contribution in [0.4, 0.5) is 10.5 Å². The van der Waals surface area contributed by atoms with E-state index in [4.69, 9.17) is 4.74 Å². The molecule has 0 aliphatic carbocycles. The first-order chi connectivity index (χ1) is 18.9. The van der Waals surface area contributed by atoms with Crippen LogP contribution in [0.25, 0.3) is 0 Å². The number of carbonyl (C=O) groups excluding carboxylic acids is 2. The van der Waals surface area contributed by atoms with Crippen molar-refractivity contribution in [3.63, 3.8) is 0 Å². The highest BCUT2D eigenvalue weighted by molar-refractivity contribution is 6.22. The molecule has 8 heteroatoms. The third kappa shape index (κ3) is 3.65. The summed E-state index contributed by atoms with van der Waals surface area (Å²) in [5.74, 6) is -1.96. The number of anilines is 1. The number of hydrogen-bond acceptors (Lipinski definition) is 7. The maximum Gasteiger partial charge on any atom is 0.421 e. The minimum atomic E-state index is -1.99. The van der Waals surface area contributed by atoms with Gasteiger partial charge in [0.25, 0.3) is 5.91 Å². The van der Waals surface area contributed by atoms with Gasteiger partial charge in [-0.3, -0.25) is 4.79 Å². The molecule has 2 amide bonds. The second kappa shape index (κ2) is 9.31. The van der Waals surface area contributed by atoms with E-state index < -0.39 is 40.5 Å². The first-order valence-corrected chi connectivity index (χ1v) is 13.0. The van der Waals surface area contributed by atoms with Crippen molar-refractivity contribution >= 4 is 17.7 Å². The van der Waals surface area contributed by atoms with E-state index in [0.29, 0.717) is 22.3 Å². The number of rotatable bonds is 2. The molecule has 0 radical (unpaired) electrons. The minimum Gasteiger partial charge on any atom is -0.443 e. The van der Waals surface area contributed by atoms with Crippen LogP contribution < -0.4 is 4.90 Å². The average Bonchev–Trinajstić information content (AvgIpc) is 3.31. The van der Waals surface area contributed by atoms with Gasteiger partial charge in [0.15, 0.2) is 11.0 Å². The lowest BCUT2D eigenvalue weighted by atomic mass is 9.63. The highest BCUT2D eigenvalue weighted by Gasteiger charge is 2.76. The van der Waals surface area contributed by atoms with Crippen LogP contribution in [-0.4, -0.2) is 27.9 Å². The zero-order valence-corrected chi connectivity index (χ0v) is 23.0. The fourth-order valence-electron chi connectivity index (χ4n) is 6.40. The van der Waals surface area contributed by atoms with Crippen LogP contribution in [0.2, 0.25) is 0 Å². The molecule has 0 bridgehead atoms. The Bertz CT molecular complexity index is 1570. The van der Waals surface area contributed by atoms with Gasteiger partial charge in [0.2, 0.25) is 0 Å². The Balaban J connectivity index is 1.91. The summed E-state index contributed by atoms with van der Waals surface area (Å²) in [5, 5.41) is 34.7. The topological polar surface area (TPSA) is 118 Å². The van der Waals surface area contributed by atoms with Crippen molar-refractivity contribution in [2.24, 2.45) is 5.41 Å². The van der Waals surface area contributed by atoms with Crippen molar-refractivity contribution in [3.05, 3.63) is 101 Å². The number of ether oxygens (including phenoxy) is 1. The Morgan fingerprint density at radius 3 is 2.02 bits per heavy atom. The van der Waals surface area contributed by atoms with E-state index in [2.05, 4.69) is 12.1 Å². The van der Waals surface area contributed by atoms with Crippen molar-refractivity contribution in [3.8, 4) is 12.1 Å². The largest absolute Gasteiger partial charge is 0.443 e. The second-order valence-corrected chi connectivity index (χ2v) is 11.5. The number of benzene rings is 3. The van der Waals surface area contributed by atoms with Crippen LogP contribution in [0.5, 0.6) is 0 Å². The number of nitriles is 2. The summed E-state index contributed by atoms with van der Waals surface area (Å²) < 4.78 is 5.67. The molecule has 1 saturated heterocycles. The number of amides is 2. The normalized spacial score (nSPS) is 23.5. The van der Waals surface area contributed by atoms with Gasteiger partial charge >= 0.3 is 6.09 Å². The van der Waals surface area contributed by atoms with Crippen LogP contribution in [0.15, 0.2) is 72.8 Å². The molecule has 3 atom stereocenters. The zero-order valence-electron chi connectivity index (χ0n) is 23.0. The molecule has 202 valence electrons. The van der Waals surface area contributed by atoms with Gasteiger partial charge < -0.3 is 9.94 Å². The van der Waals surface area contributed by atoms with Gasteiger partial charge in [0.1, 0.15) is 5.60 Å². The summed E-state index contributed by atoms with van der Waals surface area (Å²) in [5.41, 5.74) is -1.80. The monoisotopic (exact) mass is 534 g/mol. The molecule has 3 aromatic carbocycles. The highest BCUT2D eigenvalue weighted by atomic mass is 16.6. The SMILES string of the molecule is Cc1cc(C)c2c(c1)[C@@]1(C(=O)N2C(=O)OC(C)(C)C)[C@H](c2ccccc2)C(C#N)(C#N)[C@@H](c2ccccc2)N1O. The number of nitrogens with zero attached hydrogens (tertiary/aromatic N) is 4. The van der Waals surface area contributed by atoms with Gasteiger partial charge in [-0.15, -0.1) is 0 Å². The molecular weight excluding hydrogens is 504 g/mol. The molecule has 5 rings (SSSR count). The van der Waals surface area contributed by atoms with Crippen LogP contribution >= 0.6 is 0 Å². The van der Waals surface area contributed by atoms with Gasteiger partial charge in [-0.2, -0.15) is 15.6 Å². The van der Waals surface area contributed by atoms with E-state index in [-0.39, 0.29) is 5.69 Å². The number of imide groups is 1. The molecular formula is C32H30N4O4. The number of aryl methyl sites for hydroxylation is 2. The number of carbonyl (C=O) groups is 2. The second-order valence-electron chi connectivity index (χ2n) is 11.5. The molecule has 1 N–H and O–H groups in total. The van der Waals surface area contributed by atoms with E-state index in [1.54, 1.807) is 94.4 Å². The first kappa shape index (κ1) is 27.1. The third-order valence-electron chi connectivity index (χ3n) is 7.71. The molecule has 1 fully saturated rings. The van der Waals surface area contributed by atoms with E-state index in [1.165, 1.54) is 0 Å². The van der Waals surface area contributed by atoms with E-state index in [9.17, 15) is 25.3 Å². The van der Waals surface area contributed by atoms with Crippen molar-refractivity contribution in [2.45, 2.75) is 57.7 Å². The summed E-state index contributed by atoms with van der Waals surface area (Å²) in [4.78, 5) is 29.5. The minimum absolute atomic E-state index is 0.281. The Kier molecular flexibility index (Phi) is 6.30. The quantitative estimate of drug-likeness (QED) is 0.426. The Morgan fingerprint density at radius 1 is 0.950 bits per heavy atom. The zero-order chi connectivity index (χ0) is 29.0. The molecule has 8 nitrogen and oxygen atoms in total. The van der Waals surface area contributed by atoms with Crippen molar-refractivity contribution in [2.75, 3.05) is 4.90 Å². The molecule has 0 unspecified atom stereocenters. The van der Waals surface area contributed by atoms with Gasteiger partial charge in [-0.05, 0) is 51.3 Å². The average molecular weight is 535 g/mol. The van der Waals surface area contributed by atoms with Crippen LogP contribution in [-0.2, 0) is 15.1 Å².